The number of alkyl halides is 3. The molecule has 1 aromatic heterocycles. The van der Waals surface area contributed by atoms with Crippen molar-refractivity contribution >= 4 is 23.2 Å². The number of rotatable bonds is 5. The van der Waals surface area contributed by atoms with Gasteiger partial charge in [0.2, 0.25) is 5.91 Å². The minimum absolute atomic E-state index is 0.230. The molecule has 0 radical (unpaired) electrons. The molecule has 3 atom stereocenters. The molecule has 0 aromatic carbocycles. The van der Waals surface area contributed by atoms with Crippen molar-refractivity contribution in [1.82, 2.24) is 10.2 Å². The van der Waals surface area contributed by atoms with Crippen LogP contribution in [0.5, 0.6) is 0 Å². The molecule has 2 aliphatic heterocycles. The van der Waals surface area contributed by atoms with E-state index in [0.29, 0.717) is 24.3 Å². The van der Waals surface area contributed by atoms with Gasteiger partial charge in [-0.2, -0.15) is 13.2 Å². The summed E-state index contributed by atoms with van der Waals surface area (Å²) in [6.07, 6.45) is -1.52. The van der Waals surface area contributed by atoms with Crippen molar-refractivity contribution in [3.8, 4) is 0 Å². The first-order valence-electron chi connectivity index (χ1n) is 10.1. The summed E-state index contributed by atoms with van der Waals surface area (Å²) in [6.45, 7) is 7.09. The second-order valence-corrected chi connectivity index (χ2v) is 9.53. The van der Waals surface area contributed by atoms with Crippen molar-refractivity contribution < 1.29 is 32.6 Å². The molecular weight excluding hydrogens is 421 g/mol. The van der Waals surface area contributed by atoms with Gasteiger partial charge in [0.15, 0.2) is 0 Å². The zero-order chi connectivity index (χ0) is 21.9. The molecule has 168 valence electrons. The summed E-state index contributed by atoms with van der Waals surface area (Å²) in [5.74, 6) is -0.971. The quantitative estimate of drug-likeness (QED) is 0.724. The number of piperidine rings is 1. The minimum Gasteiger partial charge on any atom is -0.475 e. The van der Waals surface area contributed by atoms with Gasteiger partial charge >= 0.3 is 12.1 Å². The molecule has 0 bridgehead atoms. The second kappa shape index (κ2) is 9.65. The van der Waals surface area contributed by atoms with Crippen molar-refractivity contribution in [3.05, 3.63) is 21.9 Å². The second-order valence-electron chi connectivity index (χ2n) is 8.15. The van der Waals surface area contributed by atoms with Crippen LogP contribution in [0.4, 0.5) is 13.2 Å². The summed E-state index contributed by atoms with van der Waals surface area (Å²) < 4.78 is 37.8. The number of aryl methyl sites for hydroxylation is 1. The van der Waals surface area contributed by atoms with Crippen molar-refractivity contribution in [2.45, 2.75) is 45.0 Å². The zero-order valence-electron chi connectivity index (χ0n) is 16.8. The van der Waals surface area contributed by atoms with Crippen LogP contribution in [0.1, 0.15) is 29.0 Å². The van der Waals surface area contributed by atoms with E-state index in [1.165, 1.54) is 16.2 Å². The lowest BCUT2D eigenvalue weighted by atomic mass is 9.84. The third-order valence-corrected chi connectivity index (χ3v) is 6.71. The number of thiophene rings is 1. The number of hydrogen-bond donors (Lipinski definition) is 2. The molecule has 2 saturated heterocycles. The Morgan fingerprint density at radius 2 is 2.00 bits per heavy atom. The van der Waals surface area contributed by atoms with Gasteiger partial charge < -0.3 is 15.2 Å². The fraction of sp³-hybridized carbons (Fsp3) is 0.700. The Bertz CT molecular complexity index is 751. The Labute approximate surface area is 177 Å². The van der Waals surface area contributed by atoms with E-state index in [9.17, 15) is 18.0 Å². The molecule has 2 N–H and O–H groups in total. The summed E-state index contributed by atoms with van der Waals surface area (Å²) in [4.78, 5) is 26.1. The number of halogens is 3. The third kappa shape index (κ3) is 6.42. The van der Waals surface area contributed by atoms with Crippen LogP contribution in [-0.2, 0) is 20.9 Å². The molecule has 1 saturated carbocycles. The Morgan fingerprint density at radius 3 is 2.57 bits per heavy atom. The van der Waals surface area contributed by atoms with Gasteiger partial charge in [0, 0.05) is 41.2 Å². The highest BCUT2D eigenvalue weighted by molar-refractivity contribution is 7.11. The first-order chi connectivity index (χ1) is 14.1. The highest BCUT2D eigenvalue weighted by atomic mass is 32.1. The molecule has 3 heterocycles. The molecular formula is C20H27F3N2O4S. The summed E-state index contributed by atoms with van der Waals surface area (Å²) in [6, 6.07) is 4.47. The number of likely N-dealkylation sites (tertiary alicyclic amines) is 1. The molecule has 0 unspecified atom stereocenters. The number of carbonyl (C=O) groups excluding carboxylic acids is 1. The van der Waals surface area contributed by atoms with Crippen LogP contribution in [0.2, 0.25) is 0 Å². The van der Waals surface area contributed by atoms with E-state index in [4.69, 9.17) is 14.6 Å². The lowest BCUT2D eigenvalue weighted by Gasteiger charge is -2.35. The van der Waals surface area contributed by atoms with Gasteiger partial charge in [0.05, 0.1) is 12.7 Å². The van der Waals surface area contributed by atoms with Crippen molar-refractivity contribution in [2.75, 3.05) is 26.2 Å². The summed E-state index contributed by atoms with van der Waals surface area (Å²) in [7, 11) is 0. The van der Waals surface area contributed by atoms with E-state index in [1.54, 1.807) is 0 Å². The number of aliphatic carboxylic acids is 1. The fourth-order valence-corrected chi connectivity index (χ4v) is 4.93. The van der Waals surface area contributed by atoms with E-state index >= 15 is 0 Å². The first-order valence-corrected chi connectivity index (χ1v) is 10.9. The Balaban J connectivity index is 0.000000318. The molecule has 3 fully saturated rings. The molecule has 4 rings (SSSR count). The summed E-state index contributed by atoms with van der Waals surface area (Å²) >= 11 is 1.91. The Hall–Kier alpha value is -1.65. The topological polar surface area (TPSA) is 78.9 Å². The van der Waals surface area contributed by atoms with Crippen molar-refractivity contribution in [3.63, 3.8) is 0 Å². The Kier molecular flexibility index (Phi) is 7.41. The zero-order valence-corrected chi connectivity index (χ0v) is 17.6. The maximum Gasteiger partial charge on any atom is 0.490 e. The van der Waals surface area contributed by atoms with E-state index in [0.717, 1.165) is 39.1 Å². The van der Waals surface area contributed by atoms with E-state index in [1.807, 2.05) is 11.3 Å². The third-order valence-electron chi connectivity index (χ3n) is 5.72. The number of ether oxygens (including phenoxy) is 1. The summed E-state index contributed by atoms with van der Waals surface area (Å²) in [5.41, 5.74) is 0. The van der Waals surface area contributed by atoms with Gasteiger partial charge in [-0.15, -0.1) is 11.3 Å². The smallest absolute Gasteiger partial charge is 0.475 e. The van der Waals surface area contributed by atoms with Crippen molar-refractivity contribution in [2.24, 2.45) is 17.8 Å². The summed E-state index contributed by atoms with van der Waals surface area (Å²) in [5, 5.41) is 10.2. The van der Waals surface area contributed by atoms with Gasteiger partial charge in [-0.3, -0.25) is 9.69 Å². The van der Waals surface area contributed by atoms with Crippen molar-refractivity contribution in [1.29, 1.82) is 0 Å². The first kappa shape index (κ1) is 23.0. The Morgan fingerprint density at radius 1 is 1.30 bits per heavy atom. The molecule has 1 aromatic rings. The van der Waals surface area contributed by atoms with Crippen LogP contribution >= 0.6 is 11.3 Å². The normalized spacial score (nSPS) is 26.5. The molecule has 1 aliphatic carbocycles. The average Bonchev–Trinajstić information content (AvgIpc) is 3.34. The van der Waals surface area contributed by atoms with Crippen LogP contribution in [0.25, 0.3) is 0 Å². The minimum atomic E-state index is -5.08. The SMILES string of the molecule is Cc1ccc(CN2CC[C@H]3[C@H](CO[C@H]3CNC(=O)C3CC3)C2)s1.O=C(O)C(F)(F)F. The van der Waals surface area contributed by atoms with Crippen LogP contribution in [0.15, 0.2) is 12.1 Å². The molecule has 10 heteroatoms. The predicted octanol–water partition coefficient (Wildman–Crippen LogP) is 3.05. The monoisotopic (exact) mass is 448 g/mol. The van der Waals surface area contributed by atoms with Gasteiger partial charge in [0.1, 0.15) is 0 Å². The number of amides is 1. The number of carboxylic acids is 1. The molecule has 6 nitrogen and oxygen atoms in total. The van der Waals surface area contributed by atoms with Gasteiger partial charge in [-0.1, -0.05) is 0 Å². The number of carbonyl (C=O) groups is 2. The average molecular weight is 449 g/mol. The highest BCUT2D eigenvalue weighted by Crippen LogP contribution is 2.35. The molecule has 1 amide bonds. The van der Waals surface area contributed by atoms with Gasteiger partial charge in [-0.25, -0.2) is 4.79 Å². The lowest BCUT2D eigenvalue weighted by molar-refractivity contribution is -0.192. The highest BCUT2D eigenvalue weighted by Gasteiger charge is 2.41. The standard InChI is InChI=1S/C18H26N2O2S.C2HF3O2/c1-12-2-5-15(23-12)10-20-7-6-16-14(9-20)11-22-17(16)8-19-18(21)13-3-4-13;3-2(4,5)1(6)7/h2,5,13-14,16-17H,3-4,6-11H2,1H3,(H,19,21);(H,6,7)/t14-,16-,17-;/m0./s1. The lowest BCUT2D eigenvalue weighted by Crippen LogP contribution is -2.43. The number of carboxylic acid groups (broad SMARTS) is 1. The van der Waals surface area contributed by atoms with Crippen LogP contribution in [-0.4, -0.2) is 60.4 Å². The molecule has 30 heavy (non-hydrogen) atoms. The predicted molar refractivity (Wildman–Crippen MR) is 105 cm³/mol. The molecule has 0 spiro atoms. The van der Waals surface area contributed by atoms with E-state index in [-0.39, 0.29) is 12.0 Å². The van der Waals surface area contributed by atoms with Gasteiger partial charge in [-0.05, 0) is 50.8 Å². The fourth-order valence-electron chi connectivity index (χ4n) is 4.00. The number of fused-ring (bicyclic) bond motifs is 1. The number of nitrogens with one attached hydrogen (secondary N) is 1. The van der Waals surface area contributed by atoms with E-state index in [2.05, 4.69) is 29.3 Å². The van der Waals surface area contributed by atoms with Crippen LogP contribution in [0, 0.1) is 24.7 Å². The maximum atomic E-state index is 11.8. The number of nitrogens with zero attached hydrogens (tertiary/aromatic N) is 1. The van der Waals surface area contributed by atoms with E-state index < -0.39 is 12.1 Å². The maximum absolute atomic E-state index is 11.8. The van der Waals surface area contributed by atoms with Gasteiger partial charge in [0.25, 0.3) is 0 Å². The largest absolute Gasteiger partial charge is 0.490 e. The van der Waals surface area contributed by atoms with Crippen LogP contribution in [0.3, 0.4) is 0 Å². The number of hydrogen-bond acceptors (Lipinski definition) is 5. The molecule has 3 aliphatic rings. The van der Waals surface area contributed by atoms with Crippen LogP contribution < -0.4 is 5.32 Å².